The maximum Gasteiger partial charge on any atom is 0.310 e. The third-order valence-electron chi connectivity index (χ3n) is 6.36. The molecule has 0 amide bonds. The zero-order valence-corrected chi connectivity index (χ0v) is 20.1. The molecule has 1 aromatic carbocycles. The van der Waals surface area contributed by atoms with Crippen LogP contribution in [0.1, 0.15) is 31.0 Å². The number of aromatic nitrogens is 2. The molecule has 1 saturated heterocycles. The number of anilines is 2. The maximum atomic E-state index is 14.7. The van der Waals surface area contributed by atoms with Gasteiger partial charge in [0.25, 0.3) is 0 Å². The van der Waals surface area contributed by atoms with E-state index in [0.29, 0.717) is 16.6 Å². The Morgan fingerprint density at radius 2 is 2.15 bits per heavy atom. The second-order valence-electron chi connectivity index (χ2n) is 8.66. The Balaban J connectivity index is 1.55. The Kier molecular flexibility index (Phi) is 7.03. The van der Waals surface area contributed by atoms with Crippen molar-refractivity contribution in [2.24, 2.45) is 5.41 Å². The number of thiazole rings is 1. The molecule has 0 aliphatic carbocycles. The van der Waals surface area contributed by atoms with Gasteiger partial charge in [-0.25, -0.2) is 14.4 Å². The molecule has 0 saturated carbocycles. The first-order valence-electron chi connectivity index (χ1n) is 10.8. The number of halogens is 2. The average Bonchev–Trinajstić information content (AvgIpc) is 3.28. The van der Waals surface area contributed by atoms with Crippen molar-refractivity contribution in [3.63, 3.8) is 0 Å². The molecule has 2 N–H and O–H groups in total. The molecule has 1 fully saturated rings. The maximum absolute atomic E-state index is 14.7. The van der Waals surface area contributed by atoms with Crippen LogP contribution in [0.2, 0.25) is 5.02 Å². The van der Waals surface area contributed by atoms with Gasteiger partial charge in [-0.1, -0.05) is 29.8 Å². The van der Waals surface area contributed by atoms with E-state index in [4.69, 9.17) is 27.3 Å². The SMILES string of the molecule is [B]C([B])(c1cccc(Cl)c1F)N1CCC(Cc2cccc(Nc3nccs3)n2)(C(=O)O)CC1C. The molecule has 4 rings (SSSR count). The lowest BCUT2D eigenvalue weighted by molar-refractivity contribution is -0.154. The number of benzene rings is 1. The third kappa shape index (κ3) is 4.85. The van der Waals surface area contributed by atoms with E-state index in [1.165, 1.54) is 23.5 Å². The predicted octanol–water partition coefficient (Wildman–Crippen LogP) is 4.32. The van der Waals surface area contributed by atoms with Crippen molar-refractivity contribution in [3.8, 4) is 0 Å². The lowest BCUT2D eigenvalue weighted by Gasteiger charge is -2.51. The number of hydrogen-bond acceptors (Lipinski definition) is 6. The van der Waals surface area contributed by atoms with Gasteiger partial charge in [-0.3, -0.25) is 4.79 Å². The second kappa shape index (κ2) is 9.68. The summed E-state index contributed by atoms with van der Waals surface area (Å²) in [6.07, 6.45) is 2.47. The van der Waals surface area contributed by atoms with E-state index in [9.17, 15) is 14.3 Å². The van der Waals surface area contributed by atoms with Crippen LogP contribution in [0.15, 0.2) is 48.0 Å². The molecule has 3 heterocycles. The van der Waals surface area contributed by atoms with E-state index in [1.807, 2.05) is 24.4 Å². The Hall–Kier alpha value is -2.42. The number of carbonyl (C=O) groups is 1. The van der Waals surface area contributed by atoms with Gasteiger partial charge in [0.1, 0.15) is 11.6 Å². The van der Waals surface area contributed by atoms with Gasteiger partial charge in [0.05, 0.1) is 26.1 Å². The van der Waals surface area contributed by atoms with Crippen molar-refractivity contribution in [2.45, 2.75) is 37.6 Å². The van der Waals surface area contributed by atoms with Crippen LogP contribution in [0.3, 0.4) is 0 Å². The predicted molar refractivity (Wildman–Crippen MR) is 133 cm³/mol. The largest absolute Gasteiger partial charge is 0.481 e. The summed E-state index contributed by atoms with van der Waals surface area (Å²) in [6.45, 7) is 2.12. The van der Waals surface area contributed by atoms with Crippen molar-refractivity contribution < 1.29 is 14.3 Å². The quantitative estimate of drug-likeness (QED) is 0.477. The number of nitrogens with zero attached hydrogens (tertiary/aromatic N) is 3. The second-order valence-corrected chi connectivity index (χ2v) is 9.96. The first kappa shape index (κ1) is 24.7. The van der Waals surface area contributed by atoms with E-state index >= 15 is 0 Å². The molecule has 2 aromatic heterocycles. The van der Waals surface area contributed by atoms with Gasteiger partial charge in [-0.15, -0.1) is 11.3 Å². The minimum absolute atomic E-state index is 0.0669. The average molecular weight is 495 g/mol. The molecule has 6 nitrogen and oxygen atoms in total. The van der Waals surface area contributed by atoms with Crippen LogP contribution in [0.4, 0.5) is 15.3 Å². The highest BCUT2D eigenvalue weighted by atomic mass is 35.5. The van der Waals surface area contributed by atoms with E-state index in [1.54, 1.807) is 23.2 Å². The number of nitrogens with one attached hydrogen (secondary N) is 1. The highest BCUT2D eigenvalue weighted by Crippen LogP contribution is 2.42. The number of carboxylic acids is 1. The summed E-state index contributed by atoms with van der Waals surface area (Å²) < 4.78 is 14.7. The molecule has 172 valence electrons. The molecule has 34 heavy (non-hydrogen) atoms. The van der Waals surface area contributed by atoms with Crippen molar-refractivity contribution in [1.29, 1.82) is 0 Å². The minimum Gasteiger partial charge on any atom is -0.481 e. The van der Waals surface area contributed by atoms with Crippen LogP contribution in [0, 0.1) is 11.2 Å². The highest BCUT2D eigenvalue weighted by Gasteiger charge is 2.47. The standard InChI is InChI=1S/C23H22B2ClFN4O2S/c1-14-12-22(20(32)33,13-15-4-2-7-18(29-15)30-21-28-9-11-34-21)8-10-31(14)23(24,25)16-5-3-6-17(26)19(16)27/h2-7,9,11,14H,8,10,12-13H2,1H3,(H,32,33)(H,28,29,30). The Labute approximate surface area is 209 Å². The molecule has 1 aliphatic rings. The zero-order chi connectivity index (χ0) is 24.5. The molecule has 4 radical (unpaired) electrons. The molecule has 0 bridgehead atoms. The third-order valence-corrected chi connectivity index (χ3v) is 7.34. The summed E-state index contributed by atoms with van der Waals surface area (Å²) in [4.78, 5) is 23.0. The summed E-state index contributed by atoms with van der Waals surface area (Å²) >= 11 is 7.38. The van der Waals surface area contributed by atoms with Crippen LogP contribution in [-0.2, 0) is 16.6 Å². The number of piperidine rings is 1. The summed E-state index contributed by atoms with van der Waals surface area (Å²) in [5, 5.41) is 14.2. The number of pyridine rings is 1. The lowest BCUT2D eigenvalue weighted by Crippen LogP contribution is -2.58. The smallest absolute Gasteiger partial charge is 0.310 e. The Morgan fingerprint density at radius 1 is 1.38 bits per heavy atom. The molecule has 0 spiro atoms. The van der Waals surface area contributed by atoms with E-state index in [0.717, 1.165) is 0 Å². The molecule has 3 aromatic rings. The van der Waals surface area contributed by atoms with Gasteiger partial charge in [0.2, 0.25) is 0 Å². The summed E-state index contributed by atoms with van der Waals surface area (Å²) in [5.74, 6) is -0.990. The van der Waals surface area contributed by atoms with Crippen molar-refractivity contribution in [2.75, 3.05) is 11.9 Å². The van der Waals surface area contributed by atoms with Crippen LogP contribution < -0.4 is 5.32 Å². The first-order chi connectivity index (χ1) is 16.1. The fourth-order valence-corrected chi connectivity index (χ4v) is 5.38. The number of hydrogen-bond donors (Lipinski definition) is 2. The minimum atomic E-state index is -1.64. The van der Waals surface area contributed by atoms with Gasteiger partial charge in [0.15, 0.2) is 5.13 Å². The Morgan fingerprint density at radius 3 is 2.82 bits per heavy atom. The van der Waals surface area contributed by atoms with Gasteiger partial charge in [-0.2, -0.15) is 0 Å². The Bertz CT molecular complexity index is 1180. The van der Waals surface area contributed by atoms with Crippen LogP contribution in [0.5, 0.6) is 0 Å². The molecular weight excluding hydrogens is 472 g/mol. The summed E-state index contributed by atoms with van der Waals surface area (Å²) in [6, 6.07) is 9.62. The van der Waals surface area contributed by atoms with E-state index in [2.05, 4.69) is 15.3 Å². The number of aliphatic carboxylic acids is 1. The topological polar surface area (TPSA) is 78.3 Å². The first-order valence-corrected chi connectivity index (χ1v) is 12.0. The molecule has 1 aliphatic heterocycles. The number of rotatable bonds is 7. The van der Waals surface area contributed by atoms with Crippen molar-refractivity contribution in [1.82, 2.24) is 14.9 Å². The normalized spacial score (nSPS) is 21.3. The number of carboxylic acid groups (broad SMARTS) is 1. The fourth-order valence-electron chi connectivity index (χ4n) is 4.67. The van der Waals surface area contributed by atoms with Crippen LogP contribution in [0.25, 0.3) is 0 Å². The summed E-state index contributed by atoms with van der Waals surface area (Å²) in [7, 11) is 12.8. The van der Waals surface area contributed by atoms with Crippen LogP contribution in [-0.4, -0.2) is 54.2 Å². The lowest BCUT2D eigenvalue weighted by atomic mass is 9.55. The highest BCUT2D eigenvalue weighted by molar-refractivity contribution is 7.13. The van der Waals surface area contributed by atoms with Gasteiger partial charge >= 0.3 is 5.97 Å². The van der Waals surface area contributed by atoms with Gasteiger partial charge < -0.3 is 15.3 Å². The van der Waals surface area contributed by atoms with Gasteiger partial charge in [0, 0.05) is 29.7 Å². The molecule has 11 heteroatoms. The van der Waals surface area contributed by atoms with Crippen LogP contribution >= 0.6 is 22.9 Å². The van der Waals surface area contributed by atoms with E-state index in [-0.39, 0.29) is 42.4 Å². The molecular formula is C23H22B2ClFN4O2S. The fraction of sp³-hybridized carbons (Fsp3) is 0.348. The zero-order valence-electron chi connectivity index (χ0n) is 18.5. The van der Waals surface area contributed by atoms with E-state index < -0.39 is 22.5 Å². The summed E-state index contributed by atoms with van der Waals surface area (Å²) in [5.41, 5.74) is -0.347. The molecule has 2 unspecified atom stereocenters. The number of likely N-dealkylation sites (tertiary alicyclic amines) is 1. The monoisotopic (exact) mass is 494 g/mol. The van der Waals surface area contributed by atoms with Gasteiger partial charge in [-0.05, 0) is 55.4 Å². The molecule has 2 atom stereocenters. The van der Waals surface area contributed by atoms with Crippen molar-refractivity contribution >= 4 is 55.5 Å². The van der Waals surface area contributed by atoms with Crippen molar-refractivity contribution in [3.05, 3.63) is 70.1 Å².